The highest BCUT2D eigenvalue weighted by Crippen LogP contribution is 2.48. The second-order valence-corrected chi connectivity index (χ2v) is 8.28. The van der Waals surface area contributed by atoms with Crippen molar-refractivity contribution in [2.45, 2.75) is 20.1 Å². The highest BCUT2D eigenvalue weighted by Gasteiger charge is 2.33. The van der Waals surface area contributed by atoms with E-state index in [1.165, 1.54) is 7.11 Å². The van der Waals surface area contributed by atoms with Gasteiger partial charge in [-0.2, -0.15) is 0 Å². The number of aromatic nitrogens is 1. The quantitative estimate of drug-likeness (QED) is 0.591. The summed E-state index contributed by atoms with van der Waals surface area (Å²) in [5.41, 5.74) is 1.59. The van der Waals surface area contributed by atoms with Crippen molar-refractivity contribution in [1.82, 2.24) is 5.16 Å². The summed E-state index contributed by atoms with van der Waals surface area (Å²) in [5.74, 6) is 0.0871. The Morgan fingerprint density at radius 3 is 2.43 bits per heavy atom. The maximum absolute atomic E-state index is 11.0. The Morgan fingerprint density at radius 1 is 1.18 bits per heavy atom. The molecule has 1 saturated heterocycles. The summed E-state index contributed by atoms with van der Waals surface area (Å²) in [6, 6.07) is 6.81. The third-order valence-corrected chi connectivity index (χ3v) is 5.26. The molecule has 1 aliphatic rings. The second-order valence-electron chi connectivity index (χ2n) is 7.47. The van der Waals surface area contributed by atoms with Crippen molar-refractivity contribution in [3.63, 3.8) is 0 Å². The zero-order valence-corrected chi connectivity index (χ0v) is 17.1. The van der Waals surface area contributed by atoms with Gasteiger partial charge >= 0.3 is 0 Å². The largest absolute Gasteiger partial charge is 0.504 e. The Morgan fingerprint density at radius 2 is 1.82 bits per heavy atom. The number of halogens is 2. The van der Waals surface area contributed by atoms with Crippen LogP contribution >= 0.6 is 23.2 Å². The van der Waals surface area contributed by atoms with Gasteiger partial charge in [0.1, 0.15) is 5.69 Å². The van der Waals surface area contributed by atoms with Crippen LogP contribution in [0.5, 0.6) is 11.5 Å². The van der Waals surface area contributed by atoms with Crippen LogP contribution in [0.25, 0.3) is 22.2 Å². The molecular weight excluding hydrogens is 405 g/mol. The fourth-order valence-electron chi connectivity index (χ4n) is 3.24. The first-order valence-corrected chi connectivity index (χ1v) is 9.45. The van der Waals surface area contributed by atoms with Gasteiger partial charge in [0.15, 0.2) is 23.4 Å². The average molecular weight is 424 g/mol. The number of methoxy groups -OCH3 is 1. The van der Waals surface area contributed by atoms with E-state index in [0.717, 1.165) is 0 Å². The van der Waals surface area contributed by atoms with Crippen molar-refractivity contribution in [2.24, 2.45) is 5.41 Å². The van der Waals surface area contributed by atoms with E-state index in [0.29, 0.717) is 51.0 Å². The van der Waals surface area contributed by atoms with Crippen molar-refractivity contribution in [1.29, 1.82) is 0 Å². The lowest BCUT2D eigenvalue weighted by Gasteiger charge is -2.35. The Bertz CT molecular complexity index is 1020. The Kier molecular flexibility index (Phi) is 4.91. The van der Waals surface area contributed by atoms with Crippen LogP contribution < -0.4 is 4.74 Å². The van der Waals surface area contributed by atoms with E-state index >= 15 is 0 Å². The third-order valence-electron chi connectivity index (χ3n) is 4.63. The molecule has 1 fully saturated rings. The maximum atomic E-state index is 11.0. The van der Waals surface area contributed by atoms with E-state index in [9.17, 15) is 5.11 Å². The van der Waals surface area contributed by atoms with Crippen LogP contribution in [0.1, 0.15) is 25.7 Å². The normalized spacial score (nSPS) is 17.2. The summed E-state index contributed by atoms with van der Waals surface area (Å²) in [6.45, 7) is 5.13. The van der Waals surface area contributed by atoms with E-state index in [1.54, 1.807) is 24.3 Å². The summed E-state index contributed by atoms with van der Waals surface area (Å²) in [7, 11) is 1.47. The molecule has 3 aromatic rings. The van der Waals surface area contributed by atoms with Crippen LogP contribution in [0.15, 0.2) is 28.8 Å². The minimum Gasteiger partial charge on any atom is -0.504 e. The summed E-state index contributed by atoms with van der Waals surface area (Å²) < 4.78 is 22.6. The van der Waals surface area contributed by atoms with Crippen LogP contribution in [0.2, 0.25) is 10.0 Å². The molecule has 1 aromatic heterocycles. The van der Waals surface area contributed by atoms with Gasteiger partial charge in [0, 0.05) is 11.0 Å². The molecule has 0 atom stereocenters. The van der Waals surface area contributed by atoms with Gasteiger partial charge < -0.3 is 23.8 Å². The third kappa shape index (κ3) is 3.20. The van der Waals surface area contributed by atoms with Gasteiger partial charge in [-0.15, -0.1) is 0 Å². The minimum absolute atomic E-state index is 0.0872. The summed E-state index contributed by atoms with van der Waals surface area (Å²) >= 11 is 12.6. The lowest BCUT2D eigenvalue weighted by atomic mass is 9.95. The highest BCUT2D eigenvalue weighted by molar-refractivity contribution is 6.39. The predicted molar refractivity (Wildman–Crippen MR) is 106 cm³/mol. The summed E-state index contributed by atoms with van der Waals surface area (Å²) in [6.07, 6.45) is -0.685. The van der Waals surface area contributed by atoms with Crippen LogP contribution in [0.3, 0.4) is 0 Å². The van der Waals surface area contributed by atoms with Gasteiger partial charge in [-0.25, -0.2) is 0 Å². The Balaban J connectivity index is 1.87. The monoisotopic (exact) mass is 423 g/mol. The minimum atomic E-state index is -0.685. The molecule has 2 aromatic carbocycles. The van der Waals surface area contributed by atoms with Gasteiger partial charge in [-0.1, -0.05) is 48.3 Å². The first-order chi connectivity index (χ1) is 13.3. The van der Waals surface area contributed by atoms with Crippen molar-refractivity contribution in [3.8, 4) is 22.8 Å². The topological polar surface area (TPSA) is 74.0 Å². The van der Waals surface area contributed by atoms with Gasteiger partial charge in [0.2, 0.25) is 0 Å². The zero-order valence-electron chi connectivity index (χ0n) is 15.6. The van der Waals surface area contributed by atoms with Crippen molar-refractivity contribution < 1.29 is 23.8 Å². The molecule has 148 valence electrons. The molecule has 0 saturated carbocycles. The van der Waals surface area contributed by atoms with Crippen LogP contribution in [-0.2, 0) is 9.47 Å². The van der Waals surface area contributed by atoms with Crippen LogP contribution in [0.4, 0.5) is 0 Å². The maximum Gasteiger partial charge on any atom is 0.187 e. The number of rotatable bonds is 3. The number of hydrogen-bond acceptors (Lipinski definition) is 6. The van der Waals surface area contributed by atoms with E-state index in [2.05, 4.69) is 19.0 Å². The van der Waals surface area contributed by atoms with Crippen molar-refractivity contribution in [3.05, 3.63) is 39.9 Å². The number of ether oxygens (including phenoxy) is 3. The molecule has 4 rings (SSSR count). The highest BCUT2D eigenvalue weighted by atomic mass is 35.5. The first kappa shape index (κ1) is 19.3. The molecule has 0 bridgehead atoms. The van der Waals surface area contributed by atoms with Crippen LogP contribution in [-0.4, -0.2) is 30.6 Å². The molecule has 0 radical (unpaired) electrons. The molecular formula is C20H19Cl2NO5. The summed E-state index contributed by atoms with van der Waals surface area (Å²) in [4.78, 5) is 0. The van der Waals surface area contributed by atoms with Gasteiger partial charge in [0.25, 0.3) is 0 Å². The molecule has 6 nitrogen and oxygen atoms in total. The molecule has 0 amide bonds. The molecule has 8 heteroatoms. The molecule has 0 spiro atoms. The molecule has 0 aliphatic carbocycles. The number of aromatic hydroxyl groups is 1. The van der Waals surface area contributed by atoms with Crippen molar-refractivity contribution >= 4 is 34.2 Å². The van der Waals surface area contributed by atoms with Gasteiger partial charge in [0.05, 0.1) is 41.3 Å². The Labute approximate surface area is 171 Å². The van der Waals surface area contributed by atoms with Gasteiger partial charge in [-0.05, 0) is 18.2 Å². The van der Waals surface area contributed by atoms with E-state index in [-0.39, 0.29) is 16.9 Å². The van der Waals surface area contributed by atoms with E-state index < -0.39 is 6.29 Å². The predicted octanol–water partition coefficient (Wildman–Crippen LogP) is 5.59. The number of hydrogen-bond donors (Lipinski definition) is 1. The lowest BCUT2D eigenvalue weighted by Crippen LogP contribution is -2.33. The van der Waals surface area contributed by atoms with Crippen molar-refractivity contribution in [2.75, 3.05) is 20.3 Å². The van der Waals surface area contributed by atoms with E-state index in [4.69, 9.17) is 41.9 Å². The van der Waals surface area contributed by atoms with Crippen LogP contribution in [0, 0.1) is 5.41 Å². The molecule has 0 unspecified atom stereocenters. The lowest BCUT2D eigenvalue weighted by molar-refractivity contribution is -0.226. The molecule has 1 aliphatic heterocycles. The number of phenolic OH excluding ortho intramolecular Hbond substituents is 1. The number of phenols is 1. The SMILES string of the molecule is COc1c(C2OCC(C)(C)CO2)cc2onc(-c3c(Cl)cccc3Cl)c2c1O. The second kappa shape index (κ2) is 7.12. The number of nitrogens with zero attached hydrogens (tertiary/aromatic N) is 1. The smallest absolute Gasteiger partial charge is 0.187 e. The first-order valence-electron chi connectivity index (χ1n) is 8.69. The standard InChI is InChI=1S/C20H19Cl2NO5/c1-20(2)8-26-19(27-9-20)10-7-13-15(17(24)18(10)25-3)16(23-28-13)14-11(21)5-4-6-12(14)22/h4-7,19,24H,8-9H2,1-3H3. The molecule has 2 heterocycles. The fourth-order valence-corrected chi connectivity index (χ4v) is 3.82. The number of fused-ring (bicyclic) bond motifs is 1. The van der Waals surface area contributed by atoms with E-state index in [1.807, 2.05) is 0 Å². The average Bonchev–Trinajstić information content (AvgIpc) is 3.05. The zero-order chi connectivity index (χ0) is 20.1. The summed E-state index contributed by atoms with van der Waals surface area (Å²) in [5, 5.41) is 16.2. The number of benzene rings is 2. The molecule has 28 heavy (non-hydrogen) atoms. The molecule has 1 N–H and O–H groups in total. The fraction of sp³-hybridized carbons (Fsp3) is 0.350. The Hall–Kier alpha value is -1.99. The van der Waals surface area contributed by atoms with Gasteiger partial charge in [-0.3, -0.25) is 0 Å².